The molecular weight excluding hydrogens is 490 g/mol. The van der Waals surface area contributed by atoms with E-state index in [4.69, 9.17) is 10.5 Å². The zero-order chi connectivity index (χ0) is 28.1. The molecule has 37 heavy (non-hydrogen) atoms. The van der Waals surface area contributed by atoms with Crippen molar-refractivity contribution in [2.75, 3.05) is 6.54 Å². The van der Waals surface area contributed by atoms with Crippen LogP contribution in [0.15, 0.2) is 0 Å². The molecule has 0 aromatic carbocycles. The third-order valence-corrected chi connectivity index (χ3v) is 7.33. The molecule has 0 bridgehead atoms. The average molecular weight is 529 g/mol. The molecule has 12 heteroatoms. The lowest BCUT2D eigenvalue weighted by Gasteiger charge is -2.37. The molecule has 4 amide bonds. The van der Waals surface area contributed by atoms with Gasteiger partial charge in [0, 0.05) is 6.54 Å². The number of carbonyl (C=O) groups excluding carboxylic acids is 5. The van der Waals surface area contributed by atoms with Gasteiger partial charge in [-0.05, 0) is 38.5 Å². The minimum Gasteiger partial charge on any atom is -0.444 e. The van der Waals surface area contributed by atoms with E-state index in [1.54, 1.807) is 41.5 Å². The van der Waals surface area contributed by atoms with Gasteiger partial charge in [-0.25, -0.2) is 13.6 Å². The Morgan fingerprint density at radius 1 is 1.05 bits per heavy atom. The zero-order valence-corrected chi connectivity index (χ0v) is 22.2. The molecule has 3 rings (SSSR count). The van der Waals surface area contributed by atoms with Crippen LogP contribution in [0.2, 0.25) is 0 Å². The summed E-state index contributed by atoms with van der Waals surface area (Å²) in [5, 5.41) is 4.97. The summed E-state index contributed by atoms with van der Waals surface area (Å²) in [4.78, 5) is 64.4. The molecule has 1 unspecified atom stereocenters. The van der Waals surface area contributed by atoms with Crippen molar-refractivity contribution in [3.8, 4) is 0 Å². The van der Waals surface area contributed by atoms with E-state index in [1.807, 2.05) is 0 Å². The van der Waals surface area contributed by atoms with Crippen molar-refractivity contribution >= 4 is 29.6 Å². The SMILES string of the molecule is CC(C)(C)OC(=O)N[C@H](C(=O)N1C[C@H]2[C@@H]([C@H]1C(=O)NC(CC1CCC1)C(=O)C(N)=O)C2(F)F)C(C)(C)C. The summed E-state index contributed by atoms with van der Waals surface area (Å²) in [5.41, 5.74) is 3.47. The van der Waals surface area contributed by atoms with Crippen LogP contribution < -0.4 is 16.4 Å². The number of Topliss-reactive ketones (excluding diaryl/α,β-unsaturated/α-hetero) is 1. The molecule has 2 saturated carbocycles. The van der Waals surface area contributed by atoms with Crippen LogP contribution in [-0.2, 0) is 23.9 Å². The van der Waals surface area contributed by atoms with Gasteiger partial charge in [0.15, 0.2) is 0 Å². The normalized spacial score (nSPS) is 26.3. The van der Waals surface area contributed by atoms with Crippen LogP contribution in [0.25, 0.3) is 0 Å². The predicted octanol–water partition coefficient (Wildman–Crippen LogP) is 1.75. The van der Waals surface area contributed by atoms with Crippen LogP contribution in [0.4, 0.5) is 13.6 Å². The lowest BCUT2D eigenvalue weighted by atomic mass is 9.80. The summed E-state index contributed by atoms with van der Waals surface area (Å²) < 4.78 is 34.2. The Bertz CT molecular complexity index is 969. The topological polar surface area (TPSA) is 148 Å². The fourth-order valence-corrected chi connectivity index (χ4v) is 5.10. The molecule has 0 spiro atoms. The molecule has 2 aliphatic carbocycles. The van der Waals surface area contributed by atoms with Gasteiger partial charge in [-0.3, -0.25) is 19.2 Å². The fourth-order valence-electron chi connectivity index (χ4n) is 5.10. The number of hydrogen-bond donors (Lipinski definition) is 3. The number of alkyl halides is 2. The minimum atomic E-state index is -3.15. The fraction of sp³-hybridized carbons (Fsp3) is 0.800. The molecule has 208 valence electrons. The first-order valence-corrected chi connectivity index (χ1v) is 12.7. The highest BCUT2D eigenvalue weighted by atomic mass is 19.3. The van der Waals surface area contributed by atoms with Gasteiger partial charge >= 0.3 is 6.09 Å². The number of likely N-dealkylation sites (tertiary alicyclic amines) is 1. The van der Waals surface area contributed by atoms with Crippen molar-refractivity contribution in [2.45, 2.75) is 96.9 Å². The van der Waals surface area contributed by atoms with Crippen molar-refractivity contribution in [3.05, 3.63) is 0 Å². The van der Waals surface area contributed by atoms with Crippen LogP contribution in [-0.4, -0.2) is 70.7 Å². The number of nitrogens with one attached hydrogen (secondary N) is 2. The maximum absolute atomic E-state index is 14.5. The van der Waals surface area contributed by atoms with Gasteiger partial charge in [0.05, 0.1) is 17.9 Å². The van der Waals surface area contributed by atoms with Gasteiger partial charge < -0.3 is 26.0 Å². The highest BCUT2D eigenvalue weighted by molar-refractivity contribution is 6.37. The molecule has 0 radical (unpaired) electrons. The molecule has 10 nitrogen and oxygen atoms in total. The van der Waals surface area contributed by atoms with Gasteiger partial charge in [-0.2, -0.15) is 0 Å². The Morgan fingerprint density at radius 3 is 2.11 bits per heavy atom. The van der Waals surface area contributed by atoms with E-state index in [-0.39, 0.29) is 18.9 Å². The van der Waals surface area contributed by atoms with Crippen molar-refractivity contribution in [3.63, 3.8) is 0 Å². The molecule has 3 fully saturated rings. The first-order valence-electron chi connectivity index (χ1n) is 12.7. The number of nitrogens with zero attached hydrogens (tertiary/aromatic N) is 1. The van der Waals surface area contributed by atoms with E-state index < -0.39 is 76.5 Å². The summed E-state index contributed by atoms with van der Waals surface area (Å²) in [6, 6.07) is -4.00. The third kappa shape index (κ3) is 6.20. The smallest absolute Gasteiger partial charge is 0.408 e. The number of rotatable bonds is 8. The maximum atomic E-state index is 14.5. The number of fused-ring (bicyclic) bond motifs is 1. The van der Waals surface area contributed by atoms with Gasteiger partial charge in [-0.15, -0.1) is 0 Å². The third-order valence-electron chi connectivity index (χ3n) is 7.33. The summed E-state index contributed by atoms with van der Waals surface area (Å²) >= 11 is 0. The van der Waals surface area contributed by atoms with Crippen LogP contribution >= 0.6 is 0 Å². The molecule has 1 saturated heterocycles. The standard InChI is InChI=1S/C25H38F2N4O6/c1-23(2,3)18(30-22(36)37-24(4,5)6)21(35)31-11-13-15(25(13,26)27)16(31)20(34)29-14(17(32)19(28)33)10-12-8-7-9-12/h12-16,18H,7-11H2,1-6H3,(H2,28,33)(H,29,34)(H,30,36)/t13-,14?,15-,16-,18+/m0/s1. The van der Waals surface area contributed by atoms with Crippen LogP contribution in [0.3, 0.4) is 0 Å². The number of halogens is 2. The molecule has 0 aromatic heterocycles. The average Bonchev–Trinajstić information content (AvgIpc) is 3.06. The Morgan fingerprint density at radius 2 is 1.65 bits per heavy atom. The van der Waals surface area contributed by atoms with Crippen molar-refractivity contribution < 1.29 is 37.5 Å². The second-order valence-corrected chi connectivity index (χ2v) is 12.5. The number of ketones is 1. The summed E-state index contributed by atoms with van der Waals surface area (Å²) in [5.74, 6) is -9.57. The molecule has 1 heterocycles. The summed E-state index contributed by atoms with van der Waals surface area (Å²) in [6.45, 7) is 9.65. The molecule has 1 aliphatic heterocycles. The first kappa shape index (κ1) is 28.8. The predicted molar refractivity (Wildman–Crippen MR) is 128 cm³/mol. The van der Waals surface area contributed by atoms with Crippen molar-refractivity contribution in [1.29, 1.82) is 0 Å². The number of amides is 4. The van der Waals surface area contributed by atoms with Gasteiger partial charge in [0.1, 0.15) is 17.7 Å². The van der Waals surface area contributed by atoms with Crippen molar-refractivity contribution in [2.24, 2.45) is 28.9 Å². The largest absolute Gasteiger partial charge is 0.444 e. The second-order valence-electron chi connectivity index (χ2n) is 12.5. The number of piperidine rings is 1. The molecular formula is C25H38F2N4O6. The Labute approximate surface area is 215 Å². The number of ether oxygens (including phenoxy) is 1. The quantitative estimate of drug-likeness (QED) is 0.409. The van der Waals surface area contributed by atoms with Crippen LogP contribution in [0.1, 0.15) is 67.2 Å². The molecule has 0 aromatic rings. The van der Waals surface area contributed by atoms with Crippen LogP contribution in [0, 0.1) is 23.2 Å². The number of primary amides is 1. The Hall–Kier alpha value is -2.79. The van der Waals surface area contributed by atoms with E-state index in [1.165, 1.54) is 0 Å². The number of alkyl carbamates (subject to hydrolysis) is 1. The number of nitrogens with two attached hydrogens (primary N) is 1. The molecule has 4 N–H and O–H groups in total. The minimum absolute atomic E-state index is 0.105. The van der Waals surface area contributed by atoms with E-state index >= 15 is 0 Å². The van der Waals surface area contributed by atoms with E-state index in [0.29, 0.717) is 0 Å². The summed E-state index contributed by atoms with van der Waals surface area (Å²) in [6.07, 6.45) is 1.90. The van der Waals surface area contributed by atoms with Gasteiger partial charge in [0.2, 0.25) is 17.6 Å². The summed E-state index contributed by atoms with van der Waals surface area (Å²) in [7, 11) is 0. The van der Waals surface area contributed by atoms with Crippen molar-refractivity contribution in [1.82, 2.24) is 15.5 Å². The Kier molecular flexibility index (Phi) is 7.64. The lowest BCUT2D eigenvalue weighted by Crippen LogP contribution is -2.61. The highest BCUT2D eigenvalue weighted by Gasteiger charge is 2.78. The van der Waals surface area contributed by atoms with Crippen LogP contribution in [0.5, 0.6) is 0 Å². The monoisotopic (exact) mass is 528 g/mol. The first-order chi connectivity index (χ1) is 16.8. The second kappa shape index (κ2) is 9.83. The Balaban J connectivity index is 1.83. The number of carbonyl (C=O) groups is 5. The maximum Gasteiger partial charge on any atom is 0.408 e. The van der Waals surface area contributed by atoms with E-state index in [9.17, 15) is 32.8 Å². The van der Waals surface area contributed by atoms with Gasteiger partial charge in [-0.1, -0.05) is 40.0 Å². The highest BCUT2D eigenvalue weighted by Crippen LogP contribution is 2.62. The molecule has 3 aliphatic rings. The molecule has 5 atom stereocenters. The van der Waals surface area contributed by atoms with E-state index in [0.717, 1.165) is 24.2 Å². The number of hydrogen-bond acceptors (Lipinski definition) is 6. The van der Waals surface area contributed by atoms with E-state index in [2.05, 4.69) is 10.6 Å². The van der Waals surface area contributed by atoms with Gasteiger partial charge in [0.25, 0.3) is 11.8 Å². The lowest BCUT2D eigenvalue weighted by molar-refractivity contribution is -0.146. The zero-order valence-electron chi connectivity index (χ0n) is 22.2.